The Morgan fingerprint density at radius 2 is 1.87 bits per heavy atom. The van der Waals surface area contributed by atoms with Gasteiger partial charge in [-0.2, -0.15) is 0 Å². The maximum atomic E-state index is 4.46. The van der Waals surface area contributed by atoms with E-state index in [1.807, 2.05) is 24.4 Å². The van der Waals surface area contributed by atoms with Crippen molar-refractivity contribution >= 4 is 0 Å². The summed E-state index contributed by atoms with van der Waals surface area (Å²) in [6.07, 6.45) is 3.02. The van der Waals surface area contributed by atoms with E-state index >= 15 is 0 Å². The standard InChI is InChI=1S/C14H15N/c1-3-12-9-14(15-10-11(12)2)13-7-5-4-6-8-13/h4-10H,3H2,1-2H3. The first-order valence-electron chi connectivity index (χ1n) is 5.32. The summed E-state index contributed by atoms with van der Waals surface area (Å²) in [7, 11) is 0. The lowest BCUT2D eigenvalue weighted by molar-refractivity contribution is 1.08. The normalized spacial score (nSPS) is 10.3. The summed E-state index contributed by atoms with van der Waals surface area (Å²) in [6, 6.07) is 12.5. The van der Waals surface area contributed by atoms with Gasteiger partial charge in [-0.15, -0.1) is 0 Å². The molecule has 15 heavy (non-hydrogen) atoms. The quantitative estimate of drug-likeness (QED) is 0.716. The van der Waals surface area contributed by atoms with Gasteiger partial charge in [0.15, 0.2) is 0 Å². The Morgan fingerprint density at radius 1 is 1.13 bits per heavy atom. The minimum atomic E-state index is 1.06. The minimum Gasteiger partial charge on any atom is -0.256 e. The van der Waals surface area contributed by atoms with Gasteiger partial charge >= 0.3 is 0 Å². The Morgan fingerprint density at radius 3 is 2.53 bits per heavy atom. The highest BCUT2D eigenvalue weighted by atomic mass is 14.7. The van der Waals surface area contributed by atoms with Crippen LogP contribution in [0, 0.1) is 6.92 Å². The molecule has 0 amide bonds. The Hall–Kier alpha value is -1.63. The Balaban J connectivity index is 2.46. The molecule has 1 heteroatoms. The second-order valence-corrected chi connectivity index (χ2v) is 3.72. The molecule has 1 nitrogen and oxygen atoms in total. The molecule has 2 aromatic rings. The average Bonchev–Trinajstić information content (AvgIpc) is 2.31. The van der Waals surface area contributed by atoms with Gasteiger partial charge in [0.2, 0.25) is 0 Å². The van der Waals surface area contributed by atoms with Gasteiger partial charge in [-0.25, -0.2) is 0 Å². The Kier molecular flexibility index (Phi) is 2.82. The SMILES string of the molecule is CCc1cc(-c2ccccc2)ncc1C. The number of aromatic nitrogens is 1. The van der Waals surface area contributed by atoms with Gasteiger partial charge in [0.25, 0.3) is 0 Å². The van der Waals surface area contributed by atoms with E-state index in [9.17, 15) is 0 Å². The highest BCUT2D eigenvalue weighted by molar-refractivity contribution is 5.59. The van der Waals surface area contributed by atoms with Crippen LogP contribution in [0.3, 0.4) is 0 Å². The van der Waals surface area contributed by atoms with E-state index in [1.165, 1.54) is 16.7 Å². The molecule has 0 spiro atoms. The Bertz CT molecular complexity index is 446. The maximum Gasteiger partial charge on any atom is 0.0704 e. The van der Waals surface area contributed by atoms with Crippen LogP contribution in [0.25, 0.3) is 11.3 Å². The smallest absolute Gasteiger partial charge is 0.0704 e. The lowest BCUT2D eigenvalue weighted by Gasteiger charge is -2.06. The van der Waals surface area contributed by atoms with Crippen LogP contribution < -0.4 is 0 Å². The molecule has 76 valence electrons. The first kappa shape index (κ1) is 9.91. The molecule has 0 fully saturated rings. The van der Waals surface area contributed by atoms with Gasteiger partial charge in [-0.1, -0.05) is 37.3 Å². The third-order valence-corrected chi connectivity index (χ3v) is 2.67. The van der Waals surface area contributed by atoms with E-state index in [0.717, 1.165) is 12.1 Å². The van der Waals surface area contributed by atoms with E-state index in [-0.39, 0.29) is 0 Å². The number of nitrogens with zero attached hydrogens (tertiary/aromatic N) is 1. The predicted molar refractivity (Wildman–Crippen MR) is 63.8 cm³/mol. The molecule has 0 unspecified atom stereocenters. The van der Waals surface area contributed by atoms with Crippen LogP contribution in [0.4, 0.5) is 0 Å². The molecule has 0 atom stereocenters. The molecule has 2 rings (SSSR count). The van der Waals surface area contributed by atoms with Crippen molar-refractivity contribution in [3.8, 4) is 11.3 Å². The fourth-order valence-electron chi connectivity index (χ4n) is 1.71. The summed E-state index contributed by atoms with van der Waals surface area (Å²) in [5.74, 6) is 0. The van der Waals surface area contributed by atoms with Gasteiger partial charge in [-0.3, -0.25) is 4.98 Å². The van der Waals surface area contributed by atoms with Crippen LogP contribution in [0.2, 0.25) is 0 Å². The molecule has 0 radical (unpaired) electrons. The summed E-state index contributed by atoms with van der Waals surface area (Å²) in [4.78, 5) is 4.46. The van der Waals surface area contributed by atoms with Crippen molar-refractivity contribution < 1.29 is 0 Å². The number of rotatable bonds is 2. The topological polar surface area (TPSA) is 12.9 Å². The molecule has 1 heterocycles. The third kappa shape index (κ3) is 2.07. The largest absolute Gasteiger partial charge is 0.256 e. The fourth-order valence-corrected chi connectivity index (χ4v) is 1.71. The van der Waals surface area contributed by atoms with Crippen LogP contribution in [0.15, 0.2) is 42.6 Å². The minimum absolute atomic E-state index is 1.06. The summed E-state index contributed by atoms with van der Waals surface area (Å²) in [5, 5.41) is 0. The molecule has 1 aromatic heterocycles. The molecule has 0 bridgehead atoms. The zero-order chi connectivity index (χ0) is 10.7. The van der Waals surface area contributed by atoms with Gasteiger partial charge < -0.3 is 0 Å². The van der Waals surface area contributed by atoms with Crippen LogP contribution >= 0.6 is 0 Å². The highest BCUT2D eigenvalue weighted by Gasteiger charge is 2.01. The molecule has 0 saturated carbocycles. The lowest BCUT2D eigenvalue weighted by atomic mass is 10.0. The van der Waals surface area contributed by atoms with E-state index in [2.05, 4.69) is 37.0 Å². The number of pyridine rings is 1. The van der Waals surface area contributed by atoms with Crippen LogP contribution in [-0.4, -0.2) is 4.98 Å². The van der Waals surface area contributed by atoms with Gasteiger partial charge in [0.05, 0.1) is 5.69 Å². The molecule has 0 aliphatic heterocycles. The Labute approximate surface area is 90.8 Å². The second-order valence-electron chi connectivity index (χ2n) is 3.72. The molecular weight excluding hydrogens is 182 g/mol. The van der Waals surface area contributed by atoms with Crippen LogP contribution in [0.1, 0.15) is 18.1 Å². The summed E-state index contributed by atoms with van der Waals surface area (Å²) < 4.78 is 0. The van der Waals surface area contributed by atoms with Crippen LogP contribution in [0.5, 0.6) is 0 Å². The maximum absolute atomic E-state index is 4.46. The van der Waals surface area contributed by atoms with E-state index in [1.54, 1.807) is 0 Å². The first-order valence-corrected chi connectivity index (χ1v) is 5.32. The van der Waals surface area contributed by atoms with E-state index < -0.39 is 0 Å². The average molecular weight is 197 g/mol. The van der Waals surface area contributed by atoms with Gasteiger partial charge in [0, 0.05) is 11.8 Å². The van der Waals surface area contributed by atoms with Crippen molar-refractivity contribution in [2.24, 2.45) is 0 Å². The number of hydrogen-bond acceptors (Lipinski definition) is 1. The zero-order valence-corrected chi connectivity index (χ0v) is 9.20. The van der Waals surface area contributed by atoms with Crippen molar-refractivity contribution in [1.82, 2.24) is 4.98 Å². The molecule has 0 aliphatic rings. The molecule has 0 saturated heterocycles. The van der Waals surface area contributed by atoms with Crippen molar-refractivity contribution in [3.63, 3.8) is 0 Å². The first-order chi connectivity index (χ1) is 7.31. The second kappa shape index (κ2) is 4.26. The number of hydrogen-bond donors (Lipinski definition) is 0. The predicted octanol–water partition coefficient (Wildman–Crippen LogP) is 3.62. The monoisotopic (exact) mass is 197 g/mol. The summed E-state index contributed by atoms with van der Waals surface area (Å²) in [5.41, 5.74) is 4.91. The molecule has 0 N–H and O–H groups in total. The van der Waals surface area contributed by atoms with Crippen molar-refractivity contribution in [3.05, 3.63) is 53.7 Å². The molecular formula is C14H15N. The summed E-state index contributed by atoms with van der Waals surface area (Å²) >= 11 is 0. The fraction of sp³-hybridized carbons (Fsp3) is 0.214. The van der Waals surface area contributed by atoms with Gasteiger partial charge in [-0.05, 0) is 30.5 Å². The lowest BCUT2D eigenvalue weighted by Crippen LogP contribution is -1.91. The van der Waals surface area contributed by atoms with Crippen molar-refractivity contribution in [1.29, 1.82) is 0 Å². The van der Waals surface area contributed by atoms with Crippen molar-refractivity contribution in [2.75, 3.05) is 0 Å². The summed E-state index contributed by atoms with van der Waals surface area (Å²) in [6.45, 7) is 4.29. The number of aryl methyl sites for hydroxylation is 2. The molecule has 0 aliphatic carbocycles. The highest BCUT2D eigenvalue weighted by Crippen LogP contribution is 2.19. The van der Waals surface area contributed by atoms with Gasteiger partial charge in [0.1, 0.15) is 0 Å². The van der Waals surface area contributed by atoms with Crippen LogP contribution in [-0.2, 0) is 6.42 Å². The van der Waals surface area contributed by atoms with E-state index in [0.29, 0.717) is 0 Å². The van der Waals surface area contributed by atoms with E-state index in [4.69, 9.17) is 0 Å². The number of benzene rings is 1. The molecule has 1 aromatic carbocycles. The van der Waals surface area contributed by atoms with Crippen molar-refractivity contribution in [2.45, 2.75) is 20.3 Å². The zero-order valence-electron chi connectivity index (χ0n) is 9.20. The third-order valence-electron chi connectivity index (χ3n) is 2.67.